The van der Waals surface area contributed by atoms with Crippen LogP contribution >= 0.6 is 0 Å². The molecule has 1 aromatic carbocycles. The lowest BCUT2D eigenvalue weighted by atomic mass is 9.98. The number of nitrogens with one attached hydrogen (secondary N) is 1. The van der Waals surface area contributed by atoms with E-state index in [2.05, 4.69) is 5.32 Å². The second-order valence-corrected chi connectivity index (χ2v) is 7.19. The molecule has 0 saturated carbocycles. The molecule has 146 valence electrons. The van der Waals surface area contributed by atoms with Crippen molar-refractivity contribution < 1.29 is 29.1 Å². The first kappa shape index (κ1) is 18.1. The molecule has 2 atom stereocenters. The van der Waals surface area contributed by atoms with E-state index in [-0.39, 0.29) is 24.0 Å². The topological polar surface area (TPSA) is 124 Å². The van der Waals surface area contributed by atoms with E-state index in [1.54, 1.807) is 17.0 Å². The van der Waals surface area contributed by atoms with E-state index < -0.39 is 41.7 Å². The third-order valence-electron chi connectivity index (χ3n) is 5.54. The van der Waals surface area contributed by atoms with Gasteiger partial charge < -0.3 is 10.0 Å². The molecule has 4 amide bonds. The molecule has 0 bridgehead atoms. The fourth-order valence-electron chi connectivity index (χ4n) is 4.21. The van der Waals surface area contributed by atoms with E-state index in [9.17, 15) is 29.1 Å². The van der Waals surface area contributed by atoms with Crippen molar-refractivity contribution in [2.24, 2.45) is 0 Å². The second-order valence-electron chi connectivity index (χ2n) is 7.19. The number of carboxylic acid groups (broad SMARTS) is 1. The highest BCUT2D eigenvalue weighted by molar-refractivity contribution is 6.25. The highest BCUT2D eigenvalue weighted by Gasteiger charge is 2.46. The third kappa shape index (κ3) is 2.74. The summed E-state index contributed by atoms with van der Waals surface area (Å²) in [6.45, 7) is 0.466. The molecule has 0 aliphatic carbocycles. The Kier molecular flexibility index (Phi) is 4.37. The normalized spacial score (nSPS) is 25.0. The Hall–Kier alpha value is -3.23. The number of carboxylic acids is 1. The molecule has 9 heteroatoms. The zero-order chi connectivity index (χ0) is 20.0. The molecule has 2 saturated heterocycles. The van der Waals surface area contributed by atoms with E-state index in [1.165, 1.54) is 6.07 Å². The van der Waals surface area contributed by atoms with Crippen LogP contribution in [0.4, 0.5) is 5.69 Å². The number of anilines is 1. The Morgan fingerprint density at radius 1 is 1.07 bits per heavy atom. The first-order valence-electron chi connectivity index (χ1n) is 9.24. The fraction of sp³-hybridized carbons (Fsp3) is 0.421. The Morgan fingerprint density at radius 3 is 2.57 bits per heavy atom. The van der Waals surface area contributed by atoms with Gasteiger partial charge >= 0.3 is 5.97 Å². The molecule has 0 aromatic heterocycles. The maximum Gasteiger partial charge on any atom is 0.326 e. The highest BCUT2D eigenvalue weighted by atomic mass is 16.4. The Morgan fingerprint density at radius 2 is 1.86 bits per heavy atom. The molecule has 0 radical (unpaired) electrons. The minimum Gasteiger partial charge on any atom is -0.480 e. The van der Waals surface area contributed by atoms with Gasteiger partial charge in [-0.25, -0.2) is 4.79 Å². The highest BCUT2D eigenvalue weighted by Crippen LogP contribution is 2.36. The van der Waals surface area contributed by atoms with Crippen LogP contribution in [-0.2, 0) is 14.4 Å². The van der Waals surface area contributed by atoms with Crippen molar-refractivity contribution in [2.75, 3.05) is 11.4 Å². The quantitative estimate of drug-likeness (QED) is 0.727. The van der Waals surface area contributed by atoms with Crippen LogP contribution in [-0.4, -0.2) is 58.2 Å². The summed E-state index contributed by atoms with van der Waals surface area (Å²) in [5, 5.41) is 11.7. The Bertz CT molecular complexity index is 911. The standard InChI is InChI=1S/C19H19N3O6/c23-14-8-7-12(16(24)20-14)22-17(25)10-4-3-6-11(15(10)18(22)26)21-9-2-1-5-13(21)19(27)28/h3-4,6,12-13H,1-2,5,7-9H2,(H,27,28)(H,20,23,24). The van der Waals surface area contributed by atoms with Crippen molar-refractivity contribution in [3.8, 4) is 0 Å². The van der Waals surface area contributed by atoms with E-state index >= 15 is 0 Å². The van der Waals surface area contributed by atoms with E-state index in [4.69, 9.17) is 0 Å². The number of amides is 4. The molecule has 3 aliphatic heterocycles. The van der Waals surface area contributed by atoms with Gasteiger partial charge in [-0.2, -0.15) is 0 Å². The van der Waals surface area contributed by atoms with Gasteiger partial charge in [-0.15, -0.1) is 0 Å². The Labute approximate surface area is 160 Å². The van der Waals surface area contributed by atoms with Crippen molar-refractivity contribution >= 4 is 35.3 Å². The number of fused-ring (bicyclic) bond motifs is 1. The third-order valence-corrected chi connectivity index (χ3v) is 5.54. The number of nitrogens with zero attached hydrogens (tertiary/aromatic N) is 2. The minimum atomic E-state index is -1.05. The molecular formula is C19H19N3O6. The predicted molar refractivity (Wildman–Crippen MR) is 95.7 cm³/mol. The first-order valence-corrected chi connectivity index (χ1v) is 9.24. The van der Waals surface area contributed by atoms with Crippen molar-refractivity contribution in [3.63, 3.8) is 0 Å². The number of hydrogen-bond acceptors (Lipinski definition) is 6. The van der Waals surface area contributed by atoms with Crippen LogP contribution in [0.2, 0.25) is 0 Å². The lowest BCUT2D eigenvalue weighted by molar-refractivity contribution is -0.139. The largest absolute Gasteiger partial charge is 0.480 e. The monoisotopic (exact) mass is 385 g/mol. The van der Waals surface area contributed by atoms with Crippen LogP contribution in [0.15, 0.2) is 18.2 Å². The Balaban J connectivity index is 1.73. The van der Waals surface area contributed by atoms with E-state index in [0.29, 0.717) is 18.7 Å². The molecule has 28 heavy (non-hydrogen) atoms. The predicted octanol–water partition coefficient (Wildman–Crippen LogP) is 0.531. The van der Waals surface area contributed by atoms with Gasteiger partial charge in [0.15, 0.2) is 0 Å². The average Bonchev–Trinajstić information content (AvgIpc) is 2.93. The number of aliphatic carboxylic acids is 1. The van der Waals surface area contributed by atoms with E-state index in [0.717, 1.165) is 17.7 Å². The molecule has 4 rings (SSSR count). The summed E-state index contributed by atoms with van der Waals surface area (Å²) in [5.41, 5.74) is 0.685. The summed E-state index contributed by atoms with van der Waals surface area (Å²) in [5.74, 6) is -3.30. The van der Waals surface area contributed by atoms with Gasteiger partial charge in [-0.1, -0.05) is 6.07 Å². The van der Waals surface area contributed by atoms with Gasteiger partial charge in [-0.05, 0) is 37.8 Å². The smallest absolute Gasteiger partial charge is 0.326 e. The van der Waals surface area contributed by atoms with Crippen LogP contribution in [0.3, 0.4) is 0 Å². The van der Waals surface area contributed by atoms with Crippen LogP contribution in [0.25, 0.3) is 0 Å². The summed E-state index contributed by atoms with van der Waals surface area (Å²) in [6.07, 6.45) is 2.14. The van der Waals surface area contributed by atoms with Crippen molar-refractivity contribution in [1.82, 2.24) is 10.2 Å². The summed E-state index contributed by atoms with van der Waals surface area (Å²) >= 11 is 0. The molecule has 2 N–H and O–H groups in total. The van der Waals surface area contributed by atoms with E-state index in [1.807, 2.05) is 0 Å². The number of piperidine rings is 2. The molecule has 3 aliphatic rings. The number of imide groups is 2. The molecular weight excluding hydrogens is 366 g/mol. The summed E-state index contributed by atoms with van der Waals surface area (Å²) < 4.78 is 0. The first-order chi connectivity index (χ1) is 13.4. The number of hydrogen-bond donors (Lipinski definition) is 2. The van der Waals surface area contributed by atoms with Gasteiger partial charge in [0.05, 0.1) is 16.8 Å². The van der Waals surface area contributed by atoms with Gasteiger partial charge in [0.25, 0.3) is 11.8 Å². The maximum atomic E-state index is 13.1. The van der Waals surface area contributed by atoms with Crippen molar-refractivity contribution in [2.45, 2.75) is 44.2 Å². The van der Waals surface area contributed by atoms with Crippen molar-refractivity contribution in [1.29, 1.82) is 0 Å². The number of rotatable bonds is 3. The van der Waals surface area contributed by atoms with Gasteiger partial charge in [0.1, 0.15) is 12.1 Å². The second kappa shape index (κ2) is 6.74. The van der Waals surface area contributed by atoms with Crippen LogP contribution in [0.5, 0.6) is 0 Å². The van der Waals surface area contributed by atoms with Crippen molar-refractivity contribution in [3.05, 3.63) is 29.3 Å². The molecule has 9 nitrogen and oxygen atoms in total. The fourth-order valence-corrected chi connectivity index (χ4v) is 4.21. The number of carbonyl (C=O) groups is 5. The zero-order valence-corrected chi connectivity index (χ0v) is 15.0. The maximum absolute atomic E-state index is 13.1. The van der Waals surface area contributed by atoms with Gasteiger partial charge in [0.2, 0.25) is 11.8 Å². The zero-order valence-electron chi connectivity index (χ0n) is 15.0. The molecule has 3 heterocycles. The SMILES string of the molecule is O=C1CCC(N2C(=O)c3cccc(N4CCCCC4C(=O)O)c3C2=O)C(=O)N1. The summed E-state index contributed by atoms with van der Waals surface area (Å²) in [7, 11) is 0. The van der Waals surface area contributed by atoms with Gasteiger partial charge in [0, 0.05) is 13.0 Å². The molecule has 0 spiro atoms. The average molecular weight is 385 g/mol. The summed E-state index contributed by atoms with van der Waals surface area (Å²) in [4.78, 5) is 63.9. The van der Waals surface area contributed by atoms with Crippen LogP contribution < -0.4 is 10.2 Å². The number of benzene rings is 1. The molecule has 2 fully saturated rings. The number of carbonyl (C=O) groups excluding carboxylic acids is 4. The summed E-state index contributed by atoms with van der Waals surface area (Å²) in [6, 6.07) is 2.94. The minimum absolute atomic E-state index is 0.0455. The van der Waals surface area contributed by atoms with Crippen LogP contribution in [0, 0.1) is 0 Å². The lowest BCUT2D eigenvalue weighted by Gasteiger charge is -2.35. The molecule has 1 aromatic rings. The lowest BCUT2D eigenvalue weighted by Crippen LogP contribution is -2.54. The van der Waals surface area contributed by atoms with Crippen LogP contribution in [0.1, 0.15) is 52.8 Å². The molecule has 2 unspecified atom stereocenters. The van der Waals surface area contributed by atoms with Gasteiger partial charge in [-0.3, -0.25) is 29.4 Å².